The molecule has 0 spiro atoms. The molecule has 5 nitrogen and oxygen atoms in total. The van der Waals surface area contributed by atoms with Crippen LogP contribution in [0.15, 0.2) is 36.4 Å². The highest BCUT2D eigenvalue weighted by molar-refractivity contribution is 5.93. The van der Waals surface area contributed by atoms with E-state index in [1.165, 1.54) is 44.6 Å². The summed E-state index contributed by atoms with van der Waals surface area (Å²) < 4.78 is 11.4. The molecular formula is C26H28O5. The van der Waals surface area contributed by atoms with Crippen LogP contribution < -0.4 is 9.47 Å². The summed E-state index contributed by atoms with van der Waals surface area (Å²) >= 11 is 0. The Bertz CT molecular complexity index is 1020. The van der Waals surface area contributed by atoms with Gasteiger partial charge in [0.25, 0.3) is 0 Å². The predicted octanol–water partition coefficient (Wildman–Crippen LogP) is 5.39. The van der Waals surface area contributed by atoms with Crippen molar-refractivity contribution in [2.24, 2.45) is 17.8 Å². The summed E-state index contributed by atoms with van der Waals surface area (Å²) in [6.07, 6.45) is 7.57. The second-order valence-electron chi connectivity index (χ2n) is 9.74. The van der Waals surface area contributed by atoms with Crippen molar-refractivity contribution in [2.45, 2.75) is 50.9 Å². The Kier molecular flexibility index (Phi) is 4.80. The monoisotopic (exact) mass is 420 g/mol. The first kappa shape index (κ1) is 20.1. The van der Waals surface area contributed by atoms with E-state index in [1.807, 2.05) is 12.1 Å². The molecule has 4 fully saturated rings. The van der Waals surface area contributed by atoms with Crippen LogP contribution in [0.5, 0.6) is 11.5 Å². The summed E-state index contributed by atoms with van der Waals surface area (Å²) in [6.45, 7) is 1.65. The Morgan fingerprint density at radius 3 is 2.19 bits per heavy atom. The minimum absolute atomic E-state index is 0.0928. The molecule has 0 saturated heterocycles. The van der Waals surface area contributed by atoms with Gasteiger partial charge < -0.3 is 14.6 Å². The second-order valence-corrected chi connectivity index (χ2v) is 9.74. The fourth-order valence-corrected chi connectivity index (χ4v) is 6.81. The zero-order chi connectivity index (χ0) is 21.8. The largest absolute Gasteiger partial charge is 0.496 e. The molecule has 4 aliphatic rings. The van der Waals surface area contributed by atoms with Gasteiger partial charge in [0, 0.05) is 11.1 Å². The minimum Gasteiger partial charge on any atom is -0.496 e. The zero-order valence-electron chi connectivity index (χ0n) is 18.0. The number of hydrogen-bond acceptors (Lipinski definition) is 4. The third-order valence-electron chi connectivity index (χ3n) is 7.76. The summed E-state index contributed by atoms with van der Waals surface area (Å²) in [6, 6.07) is 10.3. The summed E-state index contributed by atoms with van der Waals surface area (Å²) in [5, 5.41) is 9.33. The van der Waals surface area contributed by atoms with Gasteiger partial charge in [0.15, 0.2) is 0 Å². The lowest BCUT2D eigenvalue weighted by Gasteiger charge is -2.57. The molecule has 2 aromatic carbocycles. The number of carboxylic acid groups (broad SMARTS) is 1. The number of carbonyl (C=O) groups is 2. The van der Waals surface area contributed by atoms with Gasteiger partial charge in [-0.2, -0.15) is 0 Å². The lowest BCUT2D eigenvalue weighted by Crippen LogP contribution is -2.48. The van der Waals surface area contributed by atoms with Gasteiger partial charge >= 0.3 is 11.9 Å². The fraction of sp³-hybridized carbons (Fsp3) is 0.462. The standard InChI is InChI=1S/C26H28O5/c1-15-20(24(27)28)4-3-5-22(15)31-25(29)19-6-7-23(30-2)21(11-19)26-12-16-8-17(13-26)10-18(9-16)14-26/h3-7,11,16-18H,8-10,12-14H2,1-2H3,(H,27,28). The molecule has 0 radical (unpaired) electrons. The molecule has 4 bridgehead atoms. The highest BCUT2D eigenvalue weighted by Crippen LogP contribution is 2.61. The second kappa shape index (κ2) is 7.40. The third-order valence-corrected chi connectivity index (χ3v) is 7.76. The van der Waals surface area contributed by atoms with E-state index in [0.29, 0.717) is 11.1 Å². The molecule has 6 rings (SSSR count). The molecule has 4 saturated carbocycles. The number of carboxylic acids is 1. The smallest absolute Gasteiger partial charge is 0.343 e. The van der Waals surface area contributed by atoms with E-state index in [2.05, 4.69) is 0 Å². The van der Waals surface area contributed by atoms with Gasteiger partial charge in [0.2, 0.25) is 0 Å². The quantitative estimate of drug-likeness (QED) is 0.519. The van der Waals surface area contributed by atoms with Gasteiger partial charge in [-0.1, -0.05) is 6.07 Å². The van der Waals surface area contributed by atoms with E-state index in [-0.39, 0.29) is 16.7 Å². The molecule has 0 aliphatic heterocycles. The first-order valence-electron chi connectivity index (χ1n) is 11.1. The molecular weight excluding hydrogens is 392 g/mol. The van der Waals surface area contributed by atoms with Gasteiger partial charge in [-0.15, -0.1) is 0 Å². The first-order valence-corrected chi connectivity index (χ1v) is 11.1. The summed E-state index contributed by atoms with van der Waals surface area (Å²) in [5.41, 5.74) is 2.29. The van der Waals surface area contributed by atoms with Crippen molar-refractivity contribution in [1.82, 2.24) is 0 Å². The fourth-order valence-electron chi connectivity index (χ4n) is 6.81. The van der Waals surface area contributed by atoms with E-state index in [9.17, 15) is 14.7 Å². The molecule has 2 aromatic rings. The molecule has 4 aliphatic carbocycles. The number of benzene rings is 2. The van der Waals surface area contributed by atoms with Crippen LogP contribution in [0.4, 0.5) is 0 Å². The average molecular weight is 421 g/mol. The van der Waals surface area contributed by atoms with Gasteiger partial charge in [0.1, 0.15) is 11.5 Å². The number of carbonyl (C=O) groups excluding carboxylic acids is 1. The number of ether oxygens (including phenoxy) is 2. The molecule has 0 amide bonds. The zero-order valence-corrected chi connectivity index (χ0v) is 18.0. The number of rotatable bonds is 5. The Balaban J connectivity index is 1.47. The summed E-state index contributed by atoms with van der Waals surface area (Å²) in [4.78, 5) is 24.4. The normalized spacial score (nSPS) is 28.4. The van der Waals surface area contributed by atoms with Gasteiger partial charge in [-0.05, 0) is 98.9 Å². The Labute approximate surface area is 182 Å². The highest BCUT2D eigenvalue weighted by Gasteiger charge is 2.52. The highest BCUT2D eigenvalue weighted by atomic mass is 16.5. The van der Waals surface area contributed by atoms with Crippen molar-refractivity contribution in [1.29, 1.82) is 0 Å². The predicted molar refractivity (Wildman–Crippen MR) is 116 cm³/mol. The lowest BCUT2D eigenvalue weighted by atomic mass is 9.48. The first-order chi connectivity index (χ1) is 14.9. The third kappa shape index (κ3) is 3.40. The van der Waals surface area contributed by atoms with Crippen molar-refractivity contribution < 1.29 is 24.2 Å². The molecule has 0 atom stereocenters. The van der Waals surface area contributed by atoms with Crippen LogP contribution in [-0.2, 0) is 5.41 Å². The van der Waals surface area contributed by atoms with Gasteiger partial charge in [0.05, 0.1) is 18.2 Å². The molecule has 1 N–H and O–H groups in total. The molecule has 0 unspecified atom stereocenters. The van der Waals surface area contributed by atoms with Gasteiger partial charge in [-0.3, -0.25) is 0 Å². The van der Waals surface area contributed by atoms with E-state index in [4.69, 9.17) is 9.47 Å². The van der Waals surface area contributed by atoms with Crippen LogP contribution in [0, 0.1) is 24.7 Å². The van der Waals surface area contributed by atoms with Crippen LogP contribution >= 0.6 is 0 Å². The summed E-state index contributed by atoms with van der Waals surface area (Å²) in [7, 11) is 1.69. The van der Waals surface area contributed by atoms with Crippen molar-refractivity contribution in [3.63, 3.8) is 0 Å². The van der Waals surface area contributed by atoms with Crippen LogP contribution in [-0.4, -0.2) is 24.2 Å². The number of esters is 1. The number of aromatic carboxylic acids is 1. The Morgan fingerprint density at radius 1 is 0.968 bits per heavy atom. The lowest BCUT2D eigenvalue weighted by molar-refractivity contribution is -0.00618. The maximum atomic E-state index is 13.0. The van der Waals surface area contributed by atoms with Crippen LogP contribution in [0.1, 0.15) is 70.4 Å². The summed E-state index contributed by atoms with van der Waals surface area (Å²) in [5.74, 6) is 1.97. The Hall–Kier alpha value is -2.82. The Morgan fingerprint density at radius 2 is 1.61 bits per heavy atom. The van der Waals surface area contributed by atoms with Gasteiger partial charge in [-0.25, -0.2) is 9.59 Å². The minimum atomic E-state index is -1.04. The number of hydrogen-bond donors (Lipinski definition) is 1. The van der Waals surface area contributed by atoms with Crippen LogP contribution in [0.2, 0.25) is 0 Å². The van der Waals surface area contributed by atoms with Crippen molar-refractivity contribution >= 4 is 11.9 Å². The van der Waals surface area contributed by atoms with Crippen LogP contribution in [0.25, 0.3) is 0 Å². The molecule has 0 aromatic heterocycles. The van der Waals surface area contributed by atoms with Crippen LogP contribution in [0.3, 0.4) is 0 Å². The van der Waals surface area contributed by atoms with Crippen molar-refractivity contribution in [3.05, 3.63) is 58.7 Å². The topological polar surface area (TPSA) is 72.8 Å². The molecule has 0 heterocycles. The maximum absolute atomic E-state index is 13.0. The SMILES string of the molecule is COc1ccc(C(=O)Oc2cccc(C(=O)O)c2C)cc1C12CC3CC(CC(C3)C1)C2. The average Bonchev–Trinajstić information content (AvgIpc) is 2.73. The molecule has 31 heavy (non-hydrogen) atoms. The molecule has 162 valence electrons. The van der Waals surface area contributed by atoms with E-state index < -0.39 is 11.9 Å². The van der Waals surface area contributed by atoms with E-state index >= 15 is 0 Å². The van der Waals surface area contributed by atoms with E-state index in [0.717, 1.165) is 29.1 Å². The molecule has 5 heteroatoms. The number of methoxy groups -OCH3 is 1. The van der Waals surface area contributed by atoms with Crippen molar-refractivity contribution in [3.8, 4) is 11.5 Å². The van der Waals surface area contributed by atoms with E-state index in [1.54, 1.807) is 32.2 Å². The van der Waals surface area contributed by atoms with Crippen molar-refractivity contribution in [2.75, 3.05) is 7.11 Å². The maximum Gasteiger partial charge on any atom is 0.343 e.